The van der Waals surface area contributed by atoms with Crippen molar-refractivity contribution in [1.29, 1.82) is 21.0 Å². The van der Waals surface area contributed by atoms with E-state index in [0.29, 0.717) is 23.0 Å². The summed E-state index contributed by atoms with van der Waals surface area (Å²) in [5.74, 6) is 1.53. The predicted molar refractivity (Wildman–Crippen MR) is 130 cm³/mol. The Morgan fingerprint density at radius 1 is 0.351 bits per heavy atom. The summed E-state index contributed by atoms with van der Waals surface area (Å²) in [5, 5.41) is 35.7. The van der Waals surface area contributed by atoms with Crippen LogP contribution in [0.5, 0.6) is 23.0 Å². The molecule has 8 heteroatoms. The van der Waals surface area contributed by atoms with Crippen molar-refractivity contribution < 1.29 is 18.9 Å². The maximum atomic E-state index is 8.92. The molecule has 0 N–H and O–H groups in total. The van der Waals surface area contributed by atoms with Crippen LogP contribution in [0.25, 0.3) is 0 Å². The highest BCUT2D eigenvalue weighted by molar-refractivity contribution is 5.61. The molecule has 0 aromatic heterocycles. The summed E-state index contributed by atoms with van der Waals surface area (Å²) in [6.07, 6.45) is 6.68. The summed E-state index contributed by atoms with van der Waals surface area (Å²) in [5.41, 5.74) is 2.39. The highest BCUT2D eigenvalue weighted by Gasteiger charge is 2.38. The van der Waals surface area contributed by atoms with Crippen molar-refractivity contribution in [2.24, 2.45) is 0 Å². The molecule has 4 aromatic rings. The quantitative estimate of drug-likeness (QED) is 0.236. The minimum Gasteiger partial charge on any atom is -0.388 e. The van der Waals surface area contributed by atoms with Crippen LogP contribution in [0.1, 0.15) is 22.3 Å². The van der Waals surface area contributed by atoms with Crippen LogP contribution >= 0.6 is 0 Å². The molecule has 0 bridgehead atoms. The average Bonchev–Trinajstić information content (AvgIpc) is 2.93. The van der Waals surface area contributed by atoms with Crippen LogP contribution in [0, 0.1) is 46.1 Å². The lowest BCUT2D eigenvalue weighted by atomic mass is 9.65. The van der Waals surface area contributed by atoms with E-state index < -0.39 is 5.41 Å². The van der Waals surface area contributed by atoms with E-state index in [4.69, 9.17) is 40.0 Å². The van der Waals surface area contributed by atoms with Gasteiger partial charge in [0.25, 0.3) is 25.0 Å². The Hall–Kier alpha value is -5.96. The van der Waals surface area contributed by atoms with Crippen LogP contribution in [0.2, 0.25) is 0 Å². The molecule has 0 spiro atoms. The topological polar surface area (TPSA) is 132 Å². The molecule has 0 atom stereocenters. The van der Waals surface area contributed by atoms with Crippen molar-refractivity contribution in [2.75, 3.05) is 0 Å². The zero-order valence-electron chi connectivity index (χ0n) is 19.2. The number of hydrogen-bond acceptors (Lipinski definition) is 8. The number of benzene rings is 4. The van der Waals surface area contributed by atoms with Gasteiger partial charge in [-0.05, 0) is 70.8 Å². The highest BCUT2D eigenvalue weighted by Crippen LogP contribution is 2.46. The Balaban J connectivity index is 2.02. The van der Waals surface area contributed by atoms with Gasteiger partial charge in [-0.25, -0.2) is 0 Å². The van der Waals surface area contributed by atoms with Crippen LogP contribution in [0.4, 0.5) is 0 Å². The number of ether oxygens (including phenoxy) is 4. The van der Waals surface area contributed by atoms with E-state index in [9.17, 15) is 0 Å². The summed E-state index contributed by atoms with van der Waals surface area (Å²) in [4.78, 5) is 0. The number of hydrogen-bond donors (Lipinski definition) is 0. The fraction of sp³-hybridized carbons (Fsp3) is 0.0345. The molecule has 4 aromatic carbocycles. The lowest BCUT2D eigenvalue weighted by molar-refractivity contribution is 0.505. The van der Waals surface area contributed by atoms with Crippen molar-refractivity contribution >= 4 is 0 Å². The largest absolute Gasteiger partial charge is 0.388 e. The van der Waals surface area contributed by atoms with Gasteiger partial charge >= 0.3 is 0 Å². The molecule has 0 unspecified atom stereocenters. The van der Waals surface area contributed by atoms with Gasteiger partial charge in [-0.2, -0.15) is 0 Å². The van der Waals surface area contributed by atoms with E-state index in [1.165, 1.54) is 0 Å². The Morgan fingerprint density at radius 3 is 0.703 bits per heavy atom. The van der Waals surface area contributed by atoms with Crippen molar-refractivity contribution in [3.05, 3.63) is 119 Å². The summed E-state index contributed by atoms with van der Waals surface area (Å²) in [7, 11) is 0. The van der Waals surface area contributed by atoms with E-state index >= 15 is 0 Å². The van der Waals surface area contributed by atoms with Gasteiger partial charge in [0.05, 0.1) is 5.41 Å². The van der Waals surface area contributed by atoms with E-state index in [1.54, 1.807) is 73.6 Å². The van der Waals surface area contributed by atoms with Gasteiger partial charge in [0.2, 0.25) is 0 Å². The second kappa shape index (κ2) is 11.0. The number of rotatable bonds is 8. The zero-order valence-corrected chi connectivity index (χ0v) is 19.2. The first-order valence-corrected chi connectivity index (χ1v) is 10.8. The van der Waals surface area contributed by atoms with Crippen LogP contribution in [-0.2, 0) is 5.41 Å². The van der Waals surface area contributed by atoms with Crippen LogP contribution in [-0.4, -0.2) is 0 Å². The maximum absolute atomic E-state index is 8.92. The monoisotopic (exact) mass is 484 g/mol. The fourth-order valence-electron chi connectivity index (χ4n) is 4.30. The molecule has 37 heavy (non-hydrogen) atoms. The predicted octanol–water partition coefficient (Wildman–Crippen LogP) is 5.51. The SMILES string of the molecule is N#COc1ccc(C(c2ccc(OC#N)cc2)(c2ccc(OC#N)cc2)c2ccc(OC#N)cc2)cc1. The third-order valence-electron chi connectivity index (χ3n) is 5.80. The molecular formula is C29H16N4O4. The third kappa shape index (κ3) is 4.81. The molecule has 8 nitrogen and oxygen atoms in total. The van der Waals surface area contributed by atoms with Gasteiger partial charge in [0.15, 0.2) is 0 Å². The van der Waals surface area contributed by atoms with Gasteiger partial charge in [-0.1, -0.05) is 48.5 Å². The third-order valence-corrected chi connectivity index (χ3v) is 5.80. The van der Waals surface area contributed by atoms with E-state index in [1.807, 2.05) is 48.5 Å². The van der Waals surface area contributed by atoms with Crippen LogP contribution in [0.15, 0.2) is 97.1 Å². The molecule has 176 valence electrons. The molecule has 0 saturated carbocycles. The average molecular weight is 484 g/mol. The van der Waals surface area contributed by atoms with Gasteiger partial charge < -0.3 is 18.9 Å². The number of nitriles is 4. The number of nitrogens with zero attached hydrogens (tertiary/aromatic N) is 4. The van der Waals surface area contributed by atoms with Crippen molar-refractivity contribution in [3.8, 4) is 48.0 Å². The van der Waals surface area contributed by atoms with E-state index in [2.05, 4.69) is 0 Å². The lowest BCUT2D eigenvalue weighted by Gasteiger charge is -2.37. The summed E-state index contributed by atoms with van der Waals surface area (Å²) in [6.45, 7) is 0. The highest BCUT2D eigenvalue weighted by atomic mass is 16.5. The Bertz CT molecular complexity index is 1290. The van der Waals surface area contributed by atoms with Gasteiger partial charge in [0.1, 0.15) is 23.0 Å². The van der Waals surface area contributed by atoms with Gasteiger partial charge in [0, 0.05) is 0 Å². The Morgan fingerprint density at radius 2 is 0.541 bits per heavy atom. The minimum absolute atomic E-state index is 0.383. The zero-order chi connectivity index (χ0) is 26.1. The maximum Gasteiger partial charge on any atom is 0.292 e. The van der Waals surface area contributed by atoms with Crippen molar-refractivity contribution in [1.82, 2.24) is 0 Å². The molecule has 0 radical (unpaired) electrons. The first kappa shape index (κ1) is 24.2. The first-order valence-electron chi connectivity index (χ1n) is 10.8. The molecule has 0 aliphatic rings. The molecule has 4 rings (SSSR count). The second-order valence-corrected chi connectivity index (χ2v) is 7.62. The minimum atomic E-state index is -0.924. The lowest BCUT2D eigenvalue weighted by Crippen LogP contribution is -2.31. The van der Waals surface area contributed by atoms with Crippen LogP contribution in [0.3, 0.4) is 0 Å². The molecule has 0 saturated heterocycles. The van der Waals surface area contributed by atoms with E-state index in [-0.39, 0.29) is 0 Å². The van der Waals surface area contributed by atoms with Crippen molar-refractivity contribution in [3.63, 3.8) is 0 Å². The van der Waals surface area contributed by atoms with Crippen molar-refractivity contribution in [2.45, 2.75) is 5.41 Å². The smallest absolute Gasteiger partial charge is 0.292 e. The normalized spacial score (nSPS) is 10.1. The fourth-order valence-corrected chi connectivity index (χ4v) is 4.30. The standard InChI is InChI=1S/C29H16N4O4/c30-17-34-25-9-1-21(2-10-25)29(22-3-11-26(12-4-22)35-18-31,23-5-13-27(14-6-23)36-19-32)24-7-15-28(16-8-24)37-20-33/h1-16H. The molecular weight excluding hydrogens is 468 g/mol. The molecule has 0 heterocycles. The summed E-state index contributed by atoms with van der Waals surface area (Å²) < 4.78 is 19.9. The second-order valence-electron chi connectivity index (χ2n) is 7.62. The van der Waals surface area contributed by atoms with E-state index in [0.717, 1.165) is 22.3 Å². The van der Waals surface area contributed by atoms with Gasteiger partial charge in [-0.15, -0.1) is 21.0 Å². The summed E-state index contributed by atoms with van der Waals surface area (Å²) >= 11 is 0. The molecule has 0 aliphatic heterocycles. The first-order chi connectivity index (χ1) is 18.1. The Kier molecular flexibility index (Phi) is 7.17. The van der Waals surface area contributed by atoms with Gasteiger partial charge in [-0.3, -0.25) is 0 Å². The molecule has 0 fully saturated rings. The molecule has 0 aliphatic carbocycles. The summed E-state index contributed by atoms with van der Waals surface area (Å²) in [6, 6.07) is 28.4. The Labute approximate surface area is 212 Å². The molecule has 0 amide bonds. The van der Waals surface area contributed by atoms with Crippen LogP contribution < -0.4 is 18.9 Å².